The van der Waals surface area contributed by atoms with Crippen LogP contribution in [0.25, 0.3) is 0 Å². The third kappa shape index (κ3) is 7.76. The number of ether oxygens (including phenoxy) is 1. The lowest BCUT2D eigenvalue weighted by Gasteiger charge is -2.20. The minimum absolute atomic E-state index is 0.134. The highest BCUT2D eigenvalue weighted by Gasteiger charge is 2.24. The Morgan fingerprint density at radius 3 is 2.79 bits per heavy atom. The van der Waals surface area contributed by atoms with Gasteiger partial charge in [-0.05, 0) is 68.4 Å². The molecule has 2 aromatic carbocycles. The van der Waals surface area contributed by atoms with Gasteiger partial charge < -0.3 is 20.7 Å². The second-order valence-electron chi connectivity index (χ2n) is 8.43. The van der Waals surface area contributed by atoms with Crippen LogP contribution in [0.1, 0.15) is 53.6 Å². The van der Waals surface area contributed by atoms with E-state index in [4.69, 9.17) is 16.3 Å². The number of rotatable bonds is 4. The highest BCUT2D eigenvalue weighted by atomic mass is 35.5. The van der Waals surface area contributed by atoms with Gasteiger partial charge in [0.1, 0.15) is 11.8 Å². The van der Waals surface area contributed by atoms with Crippen LogP contribution in [0.5, 0.6) is 5.75 Å². The number of fused-ring (bicyclic) bond motifs is 1. The third-order valence-corrected chi connectivity index (χ3v) is 6.06. The van der Waals surface area contributed by atoms with E-state index in [2.05, 4.69) is 16.0 Å². The standard InChI is InChI=1S/C26H32ClN3O4/c1-18-7-3-4-8-19(18)13-15-29-26(33)22-10-12-24(31)28-14-5-2-6-16-34-23-11-9-20(27)17-21(23)25(32)30-22/h3-4,7-9,11,17,22H,2,5-6,10,12-16H2,1H3,(H,28,31)(H,29,33)(H,30,32)/t22-/m0/s1. The van der Waals surface area contributed by atoms with Gasteiger partial charge in [-0.15, -0.1) is 0 Å². The Labute approximate surface area is 205 Å². The van der Waals surface area contributed by atoms with Gasteiger partial charge in [0.05, 0.1) is 12.2 Å². The van der Waals surface area contributed by atoms with Crippen LogP contribution < -0.4 is 20.7 Å². The van der Waals surface area contributed by atoms with E-state index in [1.165, 1.54) is 6.07 Å². The minimum atomic E-state index is -0.868. The van der Waals surface area contributed by atoms with Crippen LogP contribution in [0.4, 0.5) is 0 Å². The van der Waals surface area contributed by atoms with Crippen molar-refractivity contribution < 1.29 is 19.1 Å². The fraction of sp³-hybridized carbons (Fsp3) is 0.423. The smallest absolute Gasteiger partial charge is 0.255 e. The maximum Gasteiger partial charge on any atom is 0.255 e. The van der Waals surface area contributed by atoms with Gasteiger partial charge in [0.25, 0.3) is 5.91 Å². The van der Waals surface area contributed by atoms with Crippen LogP contribution in [-0.4, -0.2) is 43.5 Å². The third-order valence-electron chi connectivity index (χ3n) is 5.82. The Morgan fingerprint density at radius 1 is 1.15 bits per heavy atom. The van der Waals surface area contributed by atoms with E-state index in [-0.39, 0.29) is 30.2 Å². The Hall–Kier alpha value is -3.06. The lowest BCUT2D eigenvalue weighted by atomic mass is 10.1. The van der Waals surface area contributed by atoms with Crippen LogP contribution in [0.15, 0.2) is 42.5 Å². The number of benzene rings is 2. The predicted octanol–water partition coefficient (Wildman–Crippen LogP) is 3.56. The van der Waals surface area contributed by atoms with Gasteiger partial charge in [0.15, 0.2) is 0 Å². The summed E-state index contributed by atoms with van der Waals surface area (Å²) in [4.78, 5) is 38.3. The van der Waals surface area contributed by atoms with Crippen molar-refractivity contribution in [1.29, 1.82) is 0 Å². The average molecular weight is 486 g/mol. The van der Waals surface area contributed by atoms with Crippen LogP contribution in [0.3, 0.4) is 0 Å². The summed E-state index contributed by atoms with van der Waals surface area (Å²) in [7, 11) is 0. The van der Waals surface area contributed by atoms with E-state index in [1.54, 1.807) is 12.1 Å². The van der Waals surface area contributed by atoms with Crippen LogP contribution in [-0.2, 0) is 16.0 Å². The van der Waals surface area contributed by atoms with E-state index >= 15 is 0 Å². The zero-order chi connectivity index (χ0) is 24.3. The molecular formula is C26H32ClN3O4. The van der Waals surface area contributed by atoms with Crippen molar-refractivity contribution in [2.24, 2.45) is 0 Å². The van der Waals surface area contributed by atoms with Crippen molar-refractivity contribution >= 4 is 29.3 Å². The lowest BCUT2D eigenvalue weighted by molar-refractivity contribution is -0.124. The highest BCUT2D eigenvalue weighted by Crippen LogP contribution is 2.24. The van der Waals surface area contributed by atoms with Gasteiger partial charge in [-0.2, -0.15) is 0 Å². The summed E-state index contributed by atoms with van der Waals surface area (Å²) in [5, 5.41) is 8.96. The van der Waals surface area contributed by atoms with Crippen molar-refractivity contribution in [3.8, 4) is 5.75 Å². The van der Waals surface area contributed by atoms with Crippen molar-refractivity contribution in [1.82, 2.24) is 16.0 Å². The molecule has 34 heavy (non-hydrogen) atoms. The molecule has 1 heterocycles. The molecule has 1 aliphatic rings. The van der Waals surface area contributed by atoms with Crippen molar-refractivity contribution in [3.63, 3.8) is 0 Å². The van der Waals surface area contributed by atoms with E-state index in [0.717, 1.165) is 30.4 Å². The molecule has 182 valence electrons. The minimum Gasteiger partial charge on any atom is -0.493 e. The summed E-state index contributed by atoms with van der Waals surface area (Å²) < 4.78 is 5.82. The van der Waals surface area contributed by atoms with Gasteiger partial charge >= 0.3 is 0 Å². The zero-order valence-corrected chi connectivity index (χ0v) is 20.2. The molecule has 0 aromatic heterocycles. The number of halogens is 1. The number of hydrogen-bond acceptors (Lipinski definition) is 4. The first kappa shape index (κ1) is 25.6. The Bertz CT molecular complexity index is 1010. The monoisotopic (exact) mass is 485 g/mol. The molecule has 0 saturated heterocycles. The molecule has 0 saturated carbocycles. The molecule has 1 atom stereocenters. The Balaban J connectivity index is 1.72. The largest absolute Gasteiger partial charge is 0.493 e. The molecule has 8 heteroatoms. The maximum absolute atomic E-state index is 13.1. The SMILES string of the molecule is Cc1ccccc1CCNC(=O)[C@@H]1CCC(=O)NCCCCCOc2ccc(Cl)cc2C(=O)N1. The van der Waals surface area contributed by atoms with Crippen molar-refractivity contribution in [3.05, 3.63) is 64.2 Å². The highest BCUT2D eigenvalue weighted by molar-refractivity contribution is 6.31. The first-order chi connectivity index (χ1) is 16.4. The van der Waals surface area contributed by atoms with E-state index in [9.17, 15) is 14.4 Å². The zero-order valence-electron chi connectivity index (χ0n) is 19.5. The summed E-state index contributed by atoms with van der Waals surface area (Å²) >= 11 is 6.13. The second kappa shape index (κ2) is 13.0. The Kier molecular flexibility index (Phi) is 9.76. The fourth-order valence-corrected chi connectivity index (χ4v) is 3.99. The first-order valence-corrected chi connectivity index (χ1v) is 12.1. The molecule has 7 nitrogen and oxygen atoms in total. The summed E-state index contributed by atoms with van der Waals surface area (Å²) in [6.07, 6.45) is 3.51. The molecule has 3 N–H and O–H groups in total. The van der Waals surface area contributed by atoms with Gasteiger partial charge in [-0.1, -0.05) is 35.9 Å². The van der Waals surface area contributed by atoms with Crippen LogP contribution in [0.2, 0.25) is 5.02 Å². The van der Waals surface area contributed by atoms with Crippen molar-refractivity contribution in [2.45, 2.75) is 51.5 Å². The molecule has 0 aliphatic carbocycles. The van der Waals surface area contributed by atoms with E-state index < -0.39 is 11.9 Å². The van der Waals surface area contributed by atoms with Gasteiger partial charge in [0, 0.05) is 24.5 Å². The van der Waals surface area contributed by atoms with E-state index in [0.29, 0.717) is 36.9 Å². The molecule has 3 amide bonds. The molecule has 0 unspecified atom stereocenters. The Morgan fingerprint density at radius 2 is 1.97 bits per heavy atom. The number of amides is 3. The molecular weight excluding hydrogens is 454 g/mol. The molecule has 0 spiro atoms. The molecule has 0 bridgehead atoms. The van der Waals surface area contributed by atoms with Crippen LogP contribution >= 0.6 is 11.6 Å². The van der Waals surface area contributed by atoms with Gasteiger partial charge in [-0.3, -0.25) is 14.4 Å². The van der Waals surface area contributed by atoms with Gasteiger partial charge in [0.2, 0.25) is 11.8 Å². The summed E-state index contributed by atoms with van der Waals surface area (Å²) in [6.45, 7) is 3.47. The summed E-state index contributed by atoms with van der Waals surface area (Å²) in [6, 6.07) is 12.0. The summed E-state index contributed by atoms with van der Waals surface area (Å²) in [5.41, 5.74) is 2.57. The first-order valence-electron chi connectivity index (χ1n) is 11.8. The summed E-state index contributed by atoms with van der Waals surface area (Å²) in [5.74, 6) is -0.512. The normalized spacial score (nSPS) is 17.8. The number of aryl methyl sites for hydroxylation is 1. The van der Waals surface area contributed by atoms with E-state index in [1.807, 2.05) is 31.2 Å². The predicted molar refractivity (Wildman–Crippen MR) is 132 cm³/mol. The quantitative estimate of drug-likeness (QED) is 0.616. The molecule has 3 rings (SSSR count). The number of carbonyl (C=O) groups excluding carboxylic acids is 3. The molecule has 2 aromatic rings. The fourth-order valence-electron chi connectivity index (χ4n) is 3.82. The number of nitrogens with one attached hydrogen (secondary N) is 3. The average Bonchev–Trinajstić information content (AvgIpc) is 2.82. The lowest BCUT2D eigenvalue weighted by Crippen LogP contribution is -2.47. The van der Waals surface area contributed by atoms with Crippen LogP contribution in [0, 0.1) is 6.92 Å². The molecule has 0 fully saturated rings. The number of carbonyl (C=O) groups is 3. The maximum atomic E-state index is 13.1. The van der Waals surface area contributed by atoms with Crippen molar-refractivity contribution in [2.75, 3.05) is 19.7 Å². The van der Waals surface area contributed by atoms with Gasteiger partial charge in [-0.25, -0.2) is 0 Å². The second-order valence-corrected chi connectivity index (χ2v) is 8.87. The molecule has 0 radical (unpaired) electrons. The molecule has 1 aliphatic heterocycles. The topological polar surface area (TPSA) is 96.5 Å². The number of hydrogen-bond donors (Lipinski definition) is 3.